The Hall–Kier alpha value is -6.06. The summed E-state index contributed by atoms with van der Waals surface area (Å²) in [5.74, 6) is 0.184. The van der Waals surface area contributed by atoms with Crippen LogP contribution in [0, 0.1) is 11.8 Å². The largest absolute Gasteiger partial charge is 0.508 e. The predicted molar refractivity (Wildman–Crippen MR) is 240 cm³/mol. The second kappa shape index (κ2) is 23.7. The van der Waals surface area contributed by atoms with Gasteiger partial charge in [0.05, 0.1) is 12.2 Å². The van der Waals surface area contributed by atoms with E-state index in [1.807, 2.05) is 12.1 Å². The van der Waals surface area contributed by atoms with Crippen LogP contribution in [0.15, 0.2) is 127 Å². The van der Waals surface area contributed by atoms with E-state index in [4.69, 9.17) is 47.8 Å². The first-order valence-electron chi connectivity index (χ1n) is 20.2. The molecule has 4 aromatic carbocycles. The molecule has 61 heavy (non-hydrogen) atoms. The number of aliphatic hydroxyl groups is 4. The molecule has 0 fully saturated rings. The van der Waals surface area contributed by atoms with E-state index in [9.17, 15) is 15.3 Å². The Bertz CT molecular complexity index is 2220. The van der Waals surface area contributed by atoms with E-state index in [1.165, 1.54) is 63.7 Å². The van der Waals surface area contributed by atoms with Gasteiger partial charge in [-0.25, -0.2) is 0 Å². The average Bonchev–Trinajstić information content (AvgIpc) is 4.00. The monoisotopic (exact) mass is 836 g/mol. The van der Waals surface area contributed by atoms with Crippen molar-refractivity contribution in [3.05, 3.63) is 160 Å². The number of phenols is 5. The van der Waals surface area contributed by atoms with Crippen molar-refractivity contribution in [3.63, 3.8) is 0 Å². The van der Waals surface area contributed by atoms with Crippen molar-refractivity contribution in [2.24, 2.45) is 29.0 Å². The lowest BCUT2D eigenvalue weighted by Crippen LogP contribution is -2.16. The van der Waals surface area contributed by atoms with Crippen molar-refractivity contribution < 1.29 is 46.0 Å². The van der Waals surface area contributed by atoms with E-state index in [2.05, 4.69) is 53.9 Å². The van der Waals surface area contributed by atoms with Crippen LogP contribution in [0.1, 0.15) is 64.9 Å². The molecule has 0 amide bonds. The number of benzene rings is 4. The highest BCUT2D eigenvalue weighted by Gasteiger charge is 2.25. The summed E-state index contributed by atoms with van der Waals surface area (Å²) in [7, 11) is 1.73. The molecule has 0 bridgehead atoms. The molecule has 4 aliphatic rings. The molecule has 4 atom stereocenters. The lowest BCUT2D eigenvalue weighted by molar-refractivity contribution is 0.177. The number of hydrogen-bond acceptors (Lipinski definition) is 13. The summed E-state index contributed by atoms with van der Waals surface area (Å²) in [4.78, 5) is 0. The summed E-state index contributed by atoms with van der Waals surface area (Å²) in [6.45, 7) is 1.91. The number of allylic oxidation sites excluding steroid dienone is 6. The van der Waals surface area contributed by atoms with E-state index in [0.717, 1.165) is 38.6 Å². The van der Waals surface area contributed by atoms with E-state index >= 15 is 0 Å². The standard InChI is InChI=1S/C11H13NO.C11H13N.C9H13NO3.C9H10O2.C8H11NO3/c12-6-5-9-2-1-8-3-4-10(13)7-11(8)9;12-8-7-10-6-5-9-3-1-2-4-11(9)10;1-10-5-9(13)6-2-3-7(11)8(12)4-6;10-8-4-6-2-1-3-7(6)5-9(8)11;9-4-8(12)5-1-2-6(10)7(11)3-5/h2-4,7,13H,1,5-6,12H2;1-4,6H,5,7-8,12H2;2-4,9-13H,5H2,1H3;1-2,4-7,10-11H,3H2;1-3,8,10-12H,4,9H2. The third kappa shape index (κ3) is 13.7. The Morgan fingerprint density at radius 2 is 1.18 bits per heavy atom. The lowest BCUT2D eigenvalue weighted by Gasteiger charge is -2.17. The van der Waals surface area contributed by atoms with Gasteiger partial charge in [-0.2, -0.15) is 0 Å². The first-order valence-corrected chi connectivity index (χ1v) is 20.2. The summed E-state index contributed by atoms with van der Waals surface area (Å²) in [6.07, 6.45) is 15.5. The van der Waals surface area contributed by atoms with Crippen molar-refractivity contribution in [2.45, 2.75) is 44.3 Å². The molecular weight excluding hydrogens is 777 g/mol. The highest BCUT2D eigenvalue weighted by atomic mass is 16.3. The molecule has 0 saturated heterocycles. The summed E-state index contributed by atoms with van der Waals surface area (Å²) in [6, 6.07) is 22.5. The number of phenolic OH excluding ortho intramolecular Hbond substituents is 5. The fourth-order valence-electron chi connectivity index (χ4n) is 7.07. The molecular formula is C48H60N4O9. The van der Waals surface area contributed by atoms with Crippen LogP contribution in [0.25, 0.3) is 11.1 Å². The van der Waals surface area contributed by atoms with Gasteiger partial charge in [-0.05, 0) is 151 Å². The van der Waals surface area contributed by atoms with Gasteiger partial charge in [-0.1, -0.05) is 66.8 Å². The minimum Gasteiger partial charge on any atom is -0.508 e. The van der Waals surface area contributed by atoms with Crippen molar-refractivity contribution in [3.8, 4) is 28.7 Å². The zero-order valence-corrected chi connectivity index (χ0v) is 34.4. The normalized spacial score (nSPS) is 17.3. The quantitative estimate of drug-likeness (QED) is 0.0665. The zero-order chi connectivity index (χ0) is 44.5. The molecule has 4 aliphatic carbocycles. The van der Waals surface area contributed by atoms with Crippen LogP contribution in [-0.4, -0.2) is 79.2 Å². The van der Waals surface area contributed by atoms with Gasteiger partial charge in [0.1, 0.15) is 5.75 Å². The Morgan fingerprint density at radius 1 is 0.623 bits per heavy atom. The third-order valence-electron chi connectivity index (χ3n) is 10.4. The van der Waals surface area contributed by atoms with E-state index in [0.29, 0.717) is 41.8 Å². The van der Waals surface area contributed by atoms with Crippen molar-refractivity contribution in [2.75, 3.05) is 33.2 Å². The zero-order valence-electron chi connectivity index (χ0n) is 34.4. The summed E-state index contributed by atoms with van der Waals surface area (Å²) in [5, 5.41) is 85.2. The van der Waals surface area contributed by atoms with E-state index < -0.39 is 12.2 Å². The first-order chi connectivity index (χ1) is 29.3. The number of fused-ring (bicyclic) bond motifs is 3. The maximum Gasteiger partial charge on any atom is 0.157 e. The summed E-state index contributed by atoms with van der Waals surface area (Å²) >= 11 is 0. The van der Waals surface area contributed by atoms with Gasteiger partial charge >= 0.3 is 0 Å². The smallest absolute Gasteiger partial charge is 0.157 e. The maximum absolute atomic E-state index is 9.48. The van der Waals surface area contributed by atoms with Crippen LogP contribution in [0.5, 0.6) is 28.7 Å². The van der Waals surface area contributed by atoms with Gasteiger partial charge in [0.15, 0.2) is 34.5 Å². The van der Waals surface area contributed by atoms with Crippen LogP contribution >= 0.6 is 0 Å². The minimum absolute atomic E-state index is 0.0119. The van der Waals surface area contributed by atoms with Crippen LogP contribution < -0.4 is 22.5 Å². The van der Waals surface area contributed by atoms with Crippen molar-refractivity contribution in [1.82, 2.24) is 5.32 Å². The highest BCUT2D eigenvalue weighted by Crippen LogP contribution is 2.34. The molecule has 8 rings (SSSR count). The fourth-order valence-corrected chi connectivity index (χ4v) is 7.07. The van der Waals surface area contributed by atoms with Crippen LogP contribution in [0.4, 0.5) is 0 Å². The molecule has 0 aromatic heterocycles. The average molecular weight is 837 g/mol. The fraction of sp³-hybridized carbons (Fsp3) is 0.292. The molecule has 4 aromatic rings. The Morgan fingerprint density at radius 3 is 1.75 bits per heavy atom. The number of likely N-dealkylation sites (N-methyl/N-ethyl adjacent to an activating group) is 1. The van der Waals surface area contributed by atoms with Crippen molar-refractivity contribution >= 4 is 11.1 Å². The summed E-state index contributed by atoms with van der Waals surface area (Å²) < 4.78 is 0. The molecule has 16 N–H and O–H groups in total. The summed E-state index contributed by atoms with van der Waals surface area (Å²) in [5.41, 5.74) is 25.3. The van der Waals surface area contributed by atoms with E-state index in [-0.39, 0.29) is 41.1 Å². The van der Waals surface area contributed by atoms with Crippen LogP contribution in [0.2, 0.25) is 0 Å². The molecule has 0 aliphatic heterocycles. The van der Waals surface area contributed by atoms with Gasteiger partial charge in [0.2, 0.25) is 0 Å². The third-order valence-corrected chi connectivity index (χ3v) is 10.4. The molecule has 326 valence electrons. The minimum atomic E-state index is -0.795. The number of rotatable bonds is 9. The Kier molecular flexibility index (Phi) is 18.5. The van der Waals surface area contributed by atoms with Gasteiger partial charge in [-0.3, -0.25) is 0 Å². The maximum atomic E-state index is 9.48. The van der Waals surface area contributed by atoms with Gasteiger partial charge < -0.3 is 68.5 Å². The Labute approximate surface area is 357 Å². The van der Waals surface area contributed by atoms with Gasteiger partial charge in [0, 0.05) is 19.0 Å². The van der Waals surface area contributed by atoms with Crippen LogP contribution in [0.3, 0.4) is 0 Å². The molecule has 13 nitrogen and oxygen atoms in total. The number of aromatic hydroxyl groups is 5. The number of hydrogen-bond donors (Lipinski definition) is 13. The molecule has 0 heterocycles. The number of nitrogens with one attached hydrogen (secondary N) is 1. The van der Waals surface area contributed by atoms with E-state index in [1.54, 1.807) is 31.3 Å². The molecule has 4 unspecified atom stereocenters. The lowest BCUT2D eigenvalue weighted by atomic mass is 9.90. The molecule has 0 spiro atoms. The Balaban J connectivity index is 0.000000168. The highest BCUT2D eigenvalue weighted by molar-refractivity contribution is 5.74. The first kappa shape index (κ1) is 47.6. The van der Waals surface area contributed by atoms with Crippen LogP contribution in [-0.2, 0) is 12.8 Å². The molecule has 0 radical (unpaired) electrons. The second-order valence-corrected chi connectivity index (χ2v) is 14.8. The number of nitrogens with two attached hydrogens (primary N) is 3. The SMILES string of the molecule is CNCC(O)c1ccc(O)c(O)c1.NCC(O)c1ccc(O)c(O)c1.NCCC1=CCc2ccc(O)cc21.NCCC1=CCc2ccccc21.OC1=CC2C=CCC2C=C1O. The topological polar surface area (TPSA) is 272 Å². The molecule has 0 saturated carbocycles. The van der Waals surface area contributed by atoms with Gasteiger partial charge in [0.25, 0.3) is 0 Å². The molecule has 13 heteroatoms. The predicted octanol–water partition coefficient (Wildman–Crippen LogP) is 6.17. The van der Waals surface area contributed by atoms with Gasteiger partial charge in [-0.15, -0.1) is 0 Å². The van der Waals surface area contributed by atoms with Crippen molar-refractivity contribution in [1.29, 1.82) is 0 Å². The number of aliphatic hydroxyl groups excluding tert-OH is 4. The second-order valence-electron chi connectivity index (χ2n) is 14.8.